The van der Waals surface area contributed by atoms with Crippen LogP contribution in [0, 0.1) is 5.92 Å². The van der Waals surface area contributed by atoms with Crippen LogP contribution in [-0.4, -0.2) is 27.1 Å². The number of anilines is 1. The Bertz CT molecular complexity index is 478. The summed E-state index contributed by atoms with van der Waals surface area (Å²) in [6, 6.07) is 0.587. The number of hydrogen-bond acceptors (Lipinski definition) is 4. The number of hydrogen-bond donors (Lipinski definition) is 2. The first-order valence-corrected chi connectivity index (χ1v) is 5.76. The molecule has 1 saturated carbocycles. The lowest BCUT2D eigenvalue weighted by Crippen LogP contribution is -2.20. The molecule has 19 heavy (non-hydrogen) atoms. The minimum absolute atomic E-state index is 0.120. The van der Waals surface area contributed by atoms with Crippen LogP contribution >= 0.6 is 0 Å². The third-order valence-electron chi connectivity index (χ3n) is 3.06. The van der Waals surface area contributed by atoms with Crippen molar-refractivity contribution in [2.45, 2.75) is 31.5 Å². The summed E-state index contributed by atoms with van der Waals surface area (Å²) in [5.41, 5.74) is -1.02. The van der Waals surface area contributed by atoms with E-state index in [9.17, 15) is 18.0 Å². The summed E-state index contributed by atoms with van der Waals surface area (Å²) in [4.78, 5) is 17.9. The minimum Gasteiger partial charge on any atom is -0.481 e. The van der Waals surface area contributed by atoms with E-state index in [1.54, 1.807) is 0 Å². The summed E-state index contributed by atoms with van der Waals surface area (Å²) in [5, 5.41) is 11.6. The Morgan fingerprint density at radius 1 is 1.42 bits per heavy atom. The van der Waals surface area contributed by atoms with Gasteiger partial charge in [-0.15, -0.1) is 0 Å². The van der Waals surface area contributed by atoms with Gasteiger partial charge in [-0.05, 0) is 25.3 Å². The zero-order valence-electron chi connectivity index (χ0n) is 9.81. The smallest absolute Gasteiger partial charge is 0.433 e. The molecule has 0 aliphatic heterocycles. The van der Waals surface area contributed by atoms with Crippen molar-refractivity contribution in [2.24, 2.45) is 5.92 Å². The van der Waals surface area contributed by atoms with Gasteiger partial charge in [0.15, 0.2) is 0 Å². The standard InChI is InChI=1S/C11H12F3N3O2/c12-11(13,14)8-3-4-15-10(17-8)16-7-2-1-6(5-7)9(18)19/h3-4,6-7H,1-2,5H2,(H,18,19)(H,15,16,17). The molecule has 0 saturated heterocycles. The van der Waals surface area contributed by atoms with E-state index in [1.165, 1.54) is 0 Å². The second kappa shape index (κ2) is 5.02. The maximum atomic E-state index is 12.5. The van der Waals surface area contributed by atoms with E-state index >= 15 is 0 Å². The molecule has 0 radical (unpaired) electrons. The fourth-order valence-electron chi connectivity index (χ4n) is 2.11. The Morgan fingerprint density at radius 2 is 2.16 bits per heavy atom. The molecule has 1 aliphatic carbocycles. The summed E-state index contributed by atoms with van der Waals surface area (Å²) in [7, 11) is 0. The van der Waals surface area contributed by atoms with Crippen LogP contribution < -0.4 is 5.32 Å². The summed E-state index contributed by atoms with van der Waals surface area (Å²) in [5.74, 6) is -1.46. The van der Waals surface area contributed by atoms with Crippen LogP contribution in [-0.2, 0) is 11.0 Å². The normalized spacial score (nSPS) is 23.3. The quantitative estimate of drug-likeness (QED) is 0.884. The largest absolute Gasteiger partial charge is 0.481 e. The van der Waals surface area contributed by atoms with Crippen molar-refractivity contribution in [2.75, 3.05) is 5.32 Å². The SMILES string of the molecule is O=C(O)C1CCC(Nc2nccc(C(F)(F)F)n2)C1. The fraction of sp³-hybridized carbons (Fsp3) is 0.545. The average Bonchev–Trinajstić information content (AvgIpc) is 2.77. The van der Waals surface area contributed by atoms with Crippen molar-refractivity contribution < 1.29 is 23.1 Å². The van der Waals surface area contributed by atoms with Gasteiger partial charge in [-0.2, -0.15) is 13.2 Å². The van der Waals surface area contributed by atoms with Crippen LogP contribution in [0.1, 0.15) is 25.0 Å². The van der Waals surface area contributed by atoms with E-state index in [0.717, 1.165) is 12.3 Å². The molecule has 5 nitrogen and oxygen atoms in total. The van der Waals surface area contributed by atoms with Gasteiger partial charge in [-0.25, -0.2) is 9.97 Å². The van der Waals surface area contributed by atoms with Gasteiger partial charge in [0, 0.05) is 12.2 Å². The van der Waals surface area contributed by atoms with Crippen LogP contribution in [0.3, 0.4) is 0 Å². The monoisotopic (exact) mass is 275 g/mol. The number of aliphatic carboxylic acids is 1. The number of nitrogens with one attached hydrogen (secondary N) is 1. The molecule has 0 amide bonds. The molecule has 104 valence electrons. The van der Waals surface area contributed by atoms with Gasteiger partial charge in [0.05, 0.1) is 5.92 Å². The summed E-state index contributed by atoms with van der Waals surface area (Å²) < 4.78 is 37.4. The van der Waals surface area contributed by atoms with Crippen LogP contribution in [0.5, 0.6) is 0 Å². The van der Waals surface area contributed by atoms with E-state index in [0.29, 0.717) is 19.3 Å². The van der Waals surface area contributed by atoms with Crippen LogP contribution in [0.4, 0.5) is 19.1 Å². The second-order valence-electron chi connectivity index (χ2n) is 4.45. The van der Waals surface area contributed by atoms with Gasteiger partial charge in [0.25, 0.3) is 0 Å². The Morgan fingerprint density at radius 3 is 2.74 bits per heavy atom. The van der Waals surface area contributed by atoms with Crippen molar-refractivity contribution in [3.63, 3.8) is 0 Å². The number of carbonyl (C=O) groups is 1. The number of nitrogens with zero attached hydrogens (tertiary/aromatic N) is 2. The summed E-state index contributed by atoms with van der Waals surface area (Å²) in [6.07, 6.45) is -2.03. The van der Waals surface area contributed by atoms with Gasteiger partial charge in [0.2, 0.25) is 5.95 Å². The highest BCUT2D eigenvalue weighted by Gasteiger charge is 2.34. The average molecular weight is 275 g/mol. The highest BCUT2D eigenvalue weighted by atomic mass is 19.4. The molecule has 1 aromatic heterocycles. The molecular formula is C11H12F3N3O2. The lowest BCUT2D eigenvalue weighted by atomic mass is 10.1. The van der Waals surface area contributed by atoms with Crippen molar-refractivity contribution in [3.8, 4) is 0 Å². The highest BCUT2D eigenvalue weighted by molar-refractivity contribution is 5.70. The van der Waals surface area contributed by atoms with Crippen molar-refractivity contribution in [1.82, 2.24) is 9.97 Å². The molecule has 2 N–H and O–H groups in total. The molecular weight excluding hydrogens is 263 g/mol. The first-order valence-electron chi connectivity index (χ1n) is 5.76. The Labute approximate surface area is 106 Å². The van der Waals surface area contributed by atoms with Gasteiger partial charge in [-0.1, -0.05) is 0 Å². The van der Waals surface area contributed by atoms with Crippen LogP contribution in [0.2, 0.25) is 0 Å². The first kappa shape index (κ1) is 13.6. The molecule has 1 heterocycles. The van der Waals surface area contributed by atoms with E-state index in [4.69, 9.17) is 5.11 Å². The molecule has 0 aromatic carbocycles. The van der Waals surface area contributed by atoms with E-state index < -0.39 is 23.8 Å². The number of rotatable bonds is 3. The molecule has 1 fully saturated rings. The van der Waals surface area contributed by atoms with Gasteiger partial charge in [-0.3, -0.25) is 4.79 Å². The van der Waals surface area contributed by atoms with Gasteiger partial charge in [0.1, 0.15) is 5.69 Å². The predicted molar refractivity (Wildman–Crippen MR) is 59.4 cm³/mol. The number of carboxylic acids is 1. The molecule has 1 aliphatic rings. The third kappa shape index (κ3) is 3.33. The second-order valence-corrected chi connectivity index (χ2v) is 4.45. The molecule has 8 heteroatoms. The van der Waals surface area contributed by atoms with Crippen molar-refractivity contribution >= 4 is 11.9 Å². The molecule has 0 bridgehead atoms. The molecule has 2 atom stereocenters. The van der Waals surface area contributed by atoms with E-state index in [2.05, 4.69) is 15.3 Å². The number of halogens is 3. The topological polar surface area (TPSA) is 75.1 Å². The number of aromatic nitrogens is 2. The van der Waals surface area contributed by atoms with Crippen molar-refractivity contribution in [1.29, 1.82) is 0 Å². The Hall–Kier alpha value is -1.86. The lowest BCUT2D eigenvalue weighted by molar-refractivity contribution is -0.142. The Kier molecular flexibility index (Phi) is 3.59. The molecule has 1 aromatic rings. The molecule has 2 unspecified atom stereocenters. The maximum absolute atomic E-state index is 12.5. The zero-order chi connectivity index (χ0) is 14.0. The van der Waals surface area contributed by atoms with Crippen molar-refractivity contribution in [3.05, 3.63) is 18.0 Å². The number of alkyl halides is 3. The van der Waals surface area contributed by atoms with Crippen LogP contribution in [0.15, 0.2) is 12.3 Å². The van der Waals surface area contributed by atoms with Gasteiger partial charge >= 0.3 is 12.1 Å². The predicted octanol–water partition coefficient (Wildman–Crippen LogP) is 2.16. The summed E-state index contributed by atoms with van der Waals surface area (Å²) >= 11 is 0. The van der Waals surface area contributed by atoms with Gasteiger partial charge < -0.3 is 10.4 Å². The minimum atomic E-state index is -4.52. The van der Waals surface area contributed by atoms with E-state index in [-0.39, 0.29) is 12.0 Å². The summed E-state index contributed by atoms with van der Waals surface area (Å²) in [6.45, 7) is 0. The zero-order valence-corrected chi connectivity index (χ0v) is 9.81. The molecule has 0 spiro atoms. The highest BCUT2D eigenvalue weighted by Crippen LogP contribution is 2.30. The number of carboxylic acid groups (broad SMARTS) is 1. The Balaban J connectivity index is 2.03. The first-order chi connectivity index (χ1) is 8.86. The fourth-order valence-corrected chi connectivity index (χ4v) is 2.11. The molecule has 2 rings (SSSR count). The third-order valence-corrected chi connectivity index (χ3v) is 3.06. The van der Waals surface area contributed by atoms with Crippen LogP contribution in [0.25, 0.3) is 0 Å². The van der Waals surface area contributed by atoms with E-state index in [1.807, 2.05) is 0 Å². The maximum Gasteiger partial charge on any atom is 0.433 e. The lowest BCUT2D eigenvalue weighted by Gasteiger charge is -2.13.